The Kier molecular flexibility index (Phi) is 4.07. The highest BCUT2D eigenvalue weighted by atomic mass is 19.1. The molecule has 2 aromatic carbocycles. The van der Waals surface area contributed by atoms with E-state index in [4.69, 9.17) is 5.73 Å². The molecular weight excluding hydrogens is 359 g/mol. The Morgan fingerprint density at radius 2 is 1.68 bits per heavy atom. The van der Waals surface area contributed by atoms with Crippen LogP contribution in [-0.4, -0.2) is 25.3 Å². The zero-order valence-corrected chi connectivity index (χ0v) is 15.4. The number of fused-ring (bicyclic) bond motifs is 1. The fraction of sp³-hybridized carbons (Fsp3) is 0.0952. The molecule has 2 heterocycles. The van der Waals surface area contributed by atoms with Crippen molar-refractivity contribution >= 4 is 16.7 Å². The van der Waals surface area contributed by atoms with Crippen LogP contribution in [0.1, 0.15) is 17.0 Å². The fourth-order valence-corrected chi connectivity index (χ4v) is 3.64. The van der Waals surface area contributed by atoms with E-state index < -0.39 is 11.6 Å². The second kappa shape index (κ2) is 6.45. The zero-order chi connectivity index (χ0) is 20.0. The highest BCUT2D eigenvalue weighted by Crippen LogP contribution is 2.34. The first-order chi connectivity index (χ1) is 13.4. The normalized spacial score (nSPS) is 12.0. The first kappa shape index (κ1) is 17.7. The van der Waals surface area contributed by atoms with Crippen LogP contribution < -0.4 is 5.73 Å². The van der Waals surface area contributed by atoms with Crippen LogP contribution in [0.4, 0.5) is 4.39 Å². The van der Waals surface area contributed by atoms with Crippen molar-refractivity contribution in [1.82, 2.24) is 9.13 Å². The Balaban J connectivity index is 2.23. The van der Waals surface area contributed by atoms with E-state index in [0.717, 1.165) is 22.3 Å². The molecule has 0 aliphatic heterocycles. The third-order valence-corrected chi connectivity index (χ3v) is 4.89. The van der Waals surface area contributed by atoms with E-state index in [0.29, 0.717) is 17.1 Å². The third kappa shape index (κ3) is 2.51. The number of phenols is 1. The fourth-order valence-electron chi connectivity index (χ4n) is 3.64. The van der Waals surface area contributed by atoms with Crippen LogP contribution >= 0.6 is 0 Å². The second-order valence-corrected chi connectivity index (χ2v) is 6.62. The van der Waals surface area contributed by atoms with E-state index in [1.165, 1.54) is 12.1 Å². The lowest BCUT2D eigenvalue weighted by Crippen LogP contribution is -2.18. The molecule has 0 fully saturated rings. The summed E-state index contributed by atoms with van der Waals surface area (Å²) in [5.41, 5.74) is 9.75. The van der Waals surface area contributed by atoms with Crippen molar-refractivity contribution in [2.75, 3.05) is 0 Å². The van der Waals surface area contributed by atoms with Crippen molar-refractivity contribution in [3.8, 4) is 17.3 Å². The standard InChI is InChI=1S/C21H19FN4O2/c1-12-7-8-13(2)25(12)21-19(20(23)24-28)15-5-3-4-6-17(15)26(21)14-9-10-18(27)16(22)11-14/h3-11,27-28H,1-2H3,(H2,23,24). The first-order valence-corrected chi connectivity index (χ1v) is 8.69. The maximum absolute atomic E-state index is 14.2. The largest absolute Gasteiger partial charge is 0.505 e. The molecule has 2 aromatic heterocycles. The maximum Gasteiger partial charge on any atom is 0.174 e. The van der Waals surface area contributed by atoms with E-state index >= 15 is 0 Å². The molecule has 0 atom stereocenters. The van der Waals surface area contributed by atoms with Gasteiger partial charge in [0.1, 0.15) is 5.82 Å². The summed E-state index contributed by atoms with van der Waals surface area (Å²) in [6, 6.07) is 15.6. The predicted molar refractivity (Wildman–Crippen MR) is 106 cm³/mol. The molecule has 0 saturated heterocycles. The van der Waals surface area contributed by atoms with E-state index in [2.05, 4.69) is 5.16 Å². The summed E-state index contributed by atoms with van der Waals surface area (Å²) in [7, 11) is 0. The topological polar surface area (TPSA) is 88.7 Å². The molecule has 4 N–H and O–H groups in total. The molecule has 0 aliphatic carbocycles. The number of aryl methyl sites for hydroxylation is 2. The number of aromatic nitrogens is 2. The number of hydrogen-bond acceptors (Lipinski definition) is 3. The van der Waals surface area contributed by atoms with E-state index in [1.807, 2.05) is 59.4 Å². The highest BCUT2D eigenvalue weighted by Gasteiger charge is 2.24. The van der Waals surface area contributed by atoms with Crippen molar-refractivity contribution in [2.24, 2.45) is 10.9 Å². The van der Waals surface area contributed by atoms with Crippen LogP contribution in [0.5, 0.6) is 5.75 Å². The Morgan fingerprint density at radius 3 is 2.32 bits per heavy atom. The minimum Gasteiger partial charge on any atom is -0.505 e. The van der Waals surface area contributed by atoms with Gasteiger partial charge in [0, 0.05) is 22.8 Å². The molecule has 6 nitrogen and oxygen atoms in total. The number of amidine groups is 1. The number of oxime groups is 1. The highest BCUT2D eigenvalue weighted by molar-refractivity contribution is 6.12. The number of nitrogens with two attached hydrogens (primary N) is 1. The number of phenolic OH excluding ortho intramolecular Hbond substituents is 1. The lowest BCUT2D eigenvalue weighted by Gasteiger charge is -2.17. The van der Waals surface area contributed by atoms with Gasteiger partial charge in [-0.1, -0.05) is 23.4 Å². The number of para-hydroxylation sites is 1. The molecule has 4 rings (SSSR count). The van der Waals surface area contributed by atoms with Gasteiger partial charge < -0.3 is 20.6 Å². The van der Waals surface area contributed by atoms with Gasteiger partial charge in [0.2, 0.25) is 0 Å². The Labute approximate surface area is 160 Å². The van der Waals surface area contributed by atoms with Gasteiger partial charge in [-0.15, -0.1) is 0 Å². The van der Waals surface area contributed by atoms with Crippen LogP contribution in [0.25, 0.3) is 22.4 Å². The molecule has 28 heavy (non-hydrogen) atoms. The van der Waals surface area contributed by atoms with Crippen LogP contribution in [0.15, 0.2) is 59.8 Å². The SMILES string of the molecule is Cc1ccc(C)n1-c1c(/C(N)=N/O)c2ccccc2n1-c1ccc(O)c(F)c1. The number of hydrogen-bond donors (Lipinski definition) is 3. The minimum atomic E-state index is -0.729. The van der Waals surface area contributed by atoms with Crippen molar-refractivity contribution in [1.29, 1.82) is 0 Å². The van der Waals surface area contributed by atoms with Gasteiger partial charge >= 0.3 is 0 Å². The molecule has 0 amide bonds. The van der Waals surface area contributed by atoms with Gasteiger partial charge in [-0.05, 0) is 44.2 Å². The second-order valence-electron chi connectivity index (χ2n) is 6.62. The quantitative estimate of drug-likeness (QED) is 0.218. The third-order valence-electron chi connectivity index (χ3n) is 4.89. The van der Waals surface area contributed by atoms with Gasteiger partial charge in [0.05, 0.1) is 16.8 Å². The summed E-state index contributed by atoms with van der Waals surface area (Å²) in [4.78, 5) is 0. The molecule has 4 aromatic rings. The number of halogens is 1. The monoisotopic (exact) mass is 378 g/mol. The zero-order valence-electron chi connectivity index (χ0n) is 15.4. The van der Waals surface area contributed by atoms with E-state index in [9.17, 15) is 14.7 Å². The lowest BCUT2D eigenvalue weighted by atomic mass is 10.1. The number of benzene rings is 2. The summed E-state index contributed by atoms with van der Waals surface area (Å²) in [5.74, 6) is -0.572. The molecule has 0 radical (unpaired) electrons. The van der Waals surface area contributed by atoms with Gasteiger partial charge in [-0.2, -0.15) is 0 Å². The van der Waals surface area contributed by atoms with Gasteiger partial charge in [-0.3, -0.25) is 4.57 Å². The molecule has 142 valence electrons. The van der Waals surface area contributed by atoms with Crippen LogP contribution in [-0.2, 0) is 0 Å². The smallest absolute Gasteiger partial charge is 0.174 e. The lowest BCUT2D eigenvalue weighted by molar-refractivity contribution is 0.318. The number of rotatable bonds is 3. The molecule has 0 unspecified atom stereocenters. The molecule has 0 bridgehead atoms. The maximum atomic E-state index is 14.2. The van der Waals surface area contributed by atoms with Crippen molar-refractivity contribution < 1.29 is 14.7 Å². The average Bonchev–Trinajstić information content (AvgIpc) is 3.19. The Bertz CT molecular complexity index is 1220. The molecule has 7 heteroatoms. The Hall–Kier alpha value is -3.74. The molecule has 0 saturated carbocycles. The number of aromatic hydroxyl groups is 1. The van der Waals surface area contributed by atoms with Crippen molar-refractivity contribution in [2.45, 2.75) is 13.8 Å². The van der Waals surface area contributed by atoms with Crippen LogP contribution in [0.3, 0.4) is 0 Å². The van der Waals surface area contributed by atoms with Gasteiger partial charge in [-0.25, -0.2) is 4.39 Å². The summed E-state index contributed by atoms with van der Waals surface area (Å²) in [5, 5.41) is 23.0. The first-order valence-electron chi connectivity index (χ1n) is 8.69. The van der Waals surface area contributed by atoms with Crippen LogP contribution in [0, 0.1) is 19.7 Å². The number of nitrogens with zero attached hydrogens (tertiary/aromatic N) is 3. The summed E-state index contributed by atoms with van der Waals surface area (Å²) in [6.07, 6.45) is 0. The Morgan fingerprint density at radius 1 is 1.00 bits per heavy atom. The summed E-state index contributed by atoms with van der Waals surface area (Å²) in [6.45, 7) is 3.89. The van der Waals surface area contributed by atoms with Gasteiger partial charge in [0.15, 0.2) is 17.4 Å². The van der Waals surface area contributed by atoms with Crippen molar-refractivity contribution in [3.63, 3.8) is 0 Å². The summed E-state index contributed by atoms with van der Waals surface area (Å²) < 4.78 is 18.0. The van der Waals surface area contributed by atoms with Crippen LogP contribution in [0.2, 0.25) is 0 Å². The molecular formula is C21H19FN4O2. The van der Waals surface area contributed by atoms with E-state index in [-0.39, 0.29) is 5.84 Å². The van der Waals surface area contributed by atoms with Gasteiger partial charge in [0.25, 0.3) is 0 Å². The predicted octanol–water partition coefficient (Wildman–Crippen LogP) is 3.98. The minimum absolute atomic E-state index is 0.0447. The van der Waals surface area contributed by atoms with Crippen molar-refractivity contribution in [3.05, 3.63) is 77.4 Å². The molecule has 0 aliphatic rings. The molecule has 0 spiro atoms. The summed E-state index contributed by atoms with van der Waals surface area (Å²) >= 11 is 0. The van der Waals surface area contributed by atoms with E-state index in [1.54, 1.807) is 6.07 Å². The average molecular weight is 378 g/mol.